The van der Waals surface area contributed by atoms with E-state index in [4.69, 9.17) is 9.47 Å². The normalized spacial score (nSPS) is 30.6. The molecular weight excluding hydrogens is 230 g/mol. The van der Waals surface area contributed by atoms with Gasteiger partial charge in [0.1, 0.15) is 5.78 Å². The molecule has 2 atom stereocenters. The van der Waals surface area contributed by atoms with E-state index in [1.807, 2.05) is 0 Å². The summed E-state index contributed by atoms with van der Waals surface area (Å²) in [6.45, 7) is 7.13. The molecular formula is C14H25NO3. The van der Waals surface area contributed by atoms with Crippen molar-refractivity contribution in [3.63, 3.8) is 0 Å². The average molecular weight is 255 g/mol. The van der Waals surface area contributed by atoms with Crippen LogP contribution in [-0.2, 0) is 14.3 Å². The number of rotatable bonds is 5. The standard InChI is InChI=1S/C14H25NO3/c1-2-7-18-13-4-3-6-15(10-13)9-12-11-17-8-5-14(12)16/h12-13H,2-11H2,1H3. The molecule has 0 spiro atoms. The maximum atomic E-state index is 11.8. The Balaban J connectivity index is 1.76. The maximum absolute atomic E-state index is 11.8. The van der Waals surface area contributed by atoms with Crippen LogP contribution in [-0.4, -0.2) is 56.2 Å². The number of carbonyl (C=O) groups is 1. The molecule has 2 heterocycles. The fourth-order valence-electron chi connectivity index (χ4n) is 2.76. The zero-order valence-corrected chi connectivity index (χ0v) is 11.4. The first kappa shape index (κ1) is 14.0. The van der Waals surface area contributed by atoms with Gasteiger partial charge in [0.2, 0.25) is 0 Å². The molecule has 4 nitrogen and oxygen atoms in total. The first-order chi connectivity index (χ1) is 8.79. The largest absolute Gasteiger partial charge is 0.380 e. The number of likely N-dealkylation sites (tertiary alicyclic amines) is 1. The van der Waals surface area contributed by atoms with Gasteiger partial charge in [0.25, 0.3) is 0 Å². The van der Waals surface area contributed by atoms with Gasteiger partial charge in [-0.1, -0.05) is 6.92 Å². The molecule has 0 bridgehead atoms. The number of nitrogens with zero attached hydrogens (tertiary/aromatic N) is 1. The minimum atomic E-state index is 0.0867. The van der Waals surface area contributed by atoms with E-state index in [0.29, 0.717) is 31.5 Å². The predicted molar refractivity (Wildman–Crippen MR) is 69.6 cm³/mol. The van der Waals surface area contributed by atoms with Crippen LogP contribution in [0.1, 0.15) is 32.6 Å². The van der Waals surface area contributed by atoms with Crippen molar-refractivity contribution in [2.45, 2.75) is 38.7 Å². The first-order valence-corrected chi connectivity index (χ1v) is 7.24. The third-order valence-electron chi connectivity index (χ3n) is 3.77. The maximum Gasteiger partial charge on any atom is 0.141 e. The lowest BCUT2D eigenvalue weighted by Gasteiger charge is -2.35. The zero-order valence-electron chi connectivity index (χ0n) is 11.4. The van der Waals surface area contributed by atoms with Gasteiger partial charge in [0.05, 0.1) is 25.2 Å². The van der Waals surface area contributed by atoms with E-state index in [-0.39, 0.29) is 5.92 Å². The molecule has 0 amide bonds. The number of ether oxygens (including phenoxy) is 2. The molecule has 0 aromatic rings. The number of ketones is 1. The van der Waals surface area contributed by atoms with E-state index in [2.05, 4.69) is 11.8 Å². The lowest BCUT2D eigenvalue weighted by molar-refractivity contribution is -0.131. The second-order valence-electron chi connectivity index (χ2n) is 5.38. The van der Waals surface area contributed by atoms with Crippen LogP contribution in [0.4, 0.5) is 0 Å². The quantitative estimate of drug-likeness (QED) is 0.746. The number of piperidine rings is 1. The van der Waals surface area contributed by atoms with Gasteiger partial charge in [-0.3, -0.25) is 9.69 Å². The van der Waals surface area contributed by atoms with Gasteiger partial charge in [0, 0.05) is 26.1 Å². The van der Waals surface area contributed by atoms with Crippen molar-refractivity contribution in [3.8, 4) is 0 Å². The van der Waals surface area contributed by atoms with E-state index in [1.54, 1.807) is 0 Å². The monoisotopic (exact) mass is 255 g/mol. The highest BCUT2D eigenvalue weighted by molar-refractivity contribution is 5.82. The number of hydrogen-bond acceptors (Lipinski definition) is 4. The molecule has 0 radical (unpaired) electrons. The lowest BCUT2D eigenvalue weighted by atomic mass is 9.98. The molecule has 2 aliphatic rings. The number of Topliss-reactive ketones (excluding diaryl/α,β-unsaturated/α-hetero) is 1. The van der Waals surface area contributed by atoms with Crippen LogP contribution < -0.4 is 0 Å². The van der Waals surface area contributed by atoms with Crippen molar-refractivity contribution in [3.05, 3.63) is 0 Å². The third kappa shape index (κ3) is 4.04. The van der Waals surface area contributed by atoms with Crippen LogP contribution in [0.25, 0.3) is 0 Å². The van der Waals surface area contributed by atoms with Crippen molar-refractivity contribution >= 4 is 5.78 Å². The third-order valence-corrected chi connectivity index (χ3v) is 3.77. The van der Waals surface area contributed by atoms with Crippen molar-refractivity contribution < 1.29 is 14.3 Å². The van der Waals surface area contributed by atoms with Crippen LogP contribution in [0.5, 0.6) is 0 Å². The predicted octanol–water partition coefficient (Wildman–Crippen LogP) is 1.48. The SMILES string of the molecule is CCCOC1CCCN(CC2COCCC2=O)C1. The van der Waals surface area contributed by atoms with Crippen LogP contribution in [0.15, 0.2) is 0 Å². The molecule has 0 aliphatic carbocycles. The first-order valence-electron chi connectivity index (χ1n) is 7.24. The Morgan fingerprint density at radius 3 is 3.17 bits per heavy atom. The molecule has 18 heavy (non-hydrogen) atoms. The Labute approximate surface area is 110 Å². The van der Waals surface area contributed by atoms with Gasteiger partial charge >= 0.3 is 0 Å². The number of carbonyl (C=O) groups excluding carboxylic acids is 1. The topological polar surface area (TPSA) is 38.8 Å². The molecule has 2 saturated heterocycles. The summed E-state index contributed by atoms with van der Waals surface area (Å²) in [5.41, 5.74) is 0. The van der Waals surface area contributed by atoms with Gasteiger partial charge in [-0.25, -0.2) is 0 Å². The van der Waals surface area contributed by atoms with Crippen molar-refractivity contribution in [2.75, 3.05) is 39.5 Å². The van der Waals surface area contributed by atoms with Crippen molar-refractivity contribution in [2.24, 2.45) is 5.92 Å². The summed E-state index contributed by atoms with van der Waals surface area (Å²) in [5, 5.41) is 0. The summed E-state index contributed by atoms with van der Waals surface area (Å²) in [6, 6.07) is 0. The summed E-state index contributed by atoms with van der Waals surface area (Å²) in [7, 11) is 0. The van der Waals surface area contributed by atoms with Crippen molar-refractivity contribution in [1.82, 2.24) is 4.90 Å². The van der Waals surface area contributed by atoms with Crippen LogP contribution >= 0.6 is 0 Å². The van der Waals surface area contributed by atoms with Crippen LogP contribution in [0, 0.1) is 5.92 Å². The van der Waals surface area contributed by atoms with E-state index < -0.39 is 0 Å². The van der Waals surface area contributed by atoms with Gasteiger partial charge in [0.15, 0.2) is 0 Å². The summed E-state index contributed by atoms with van der Waals surface area (Å²) in [6.07, 6.45) is 4.36. The van der Waals surface area contributed by atoms with Gasteiger partial charge < -0.3 is 9.47 Å². The van der Waals surface area contributed by atoms with E-state index in [0.717, 1.165) is 39.1 Å². The minimum absolute atomic E-state index is 0.0867. The molecule has 2 fully saturated rings. The summed E-state index contributed by atoms with van der Waals surface area (Å²) < 4.78 is 11.2. The highest BCUT2D eigenvalue weighted by atomic mass is 16.5. The van der Waals surface area contributed by atoms with E-state index in [9.17, 15) is 4.79 Å². The summed E-state index contributed by atoms with van der Waals surface area (Å²) >= 11 is 0. The summed E-state index contributed by atoms with van der Waals surface area (Å²) in [5.74, 6) is 0.460. The Kier molecular flexibility index (Phi) is 5.60. The fraction of sp³-hybridized carbons (Fsp3) is 0.929. The van der Waals surface area contributed by atoms with Crippen molar-refractivity contribution in [1.29, 1.82) is 0 Å². The molecule has 0 saturated carbocycles. The average Bonchev–Trinajstić information content (AvgIpc) is 2.40. The molecule has 0 N–H and O–H groups in total. The molecule has 2 rings (SSSR count). The molecule has 2 aliphatic heterocycles. The van der Waals surface area contributed by atoms with Crippen LogP contribution in [0.3, 0.4) is 0 Å². The summed E-state index contributed by atoms with van der Waals surface area (Å²) in [4.78, 5) is 14.2. The van der Waals surface area contributed by atoms with E-state index in [1.165, 1.54) is 6.42 Å². The minimum Gasteiger partial charge on any atom is -0.380 e. The molecule has 104 valence electrons. The smallest absolute Gasteiger partial charge is 0.141 e. The molecule has 0 aromatic carbocycles. The van der Waals surface area contributed by atoms with Crippen LogP contribution in [0.2, 0.25) is 0 Å². The lowest BCUT2D eigenvalue weighted by Crippen LogP contribution is -2.45. The highest BCUT2D eigenvalue weighted by Crippen LogP contribution is 2.17. The Bertz CT molecular complexity index is 270. The molecule has 0 aromatic heterocycles. The second-order valence-corrected chi connectivity index (χ2v) is 5.38. The van der Waals surface area contributed by atoms with Gasteiger partial charge in [-0.2, -0.15) is 0 Å². The zero-order chi connectivity index (χ0) is 12.8. The fourth-order valence-corrected chi connectivity index (χ4v) is 2.76. The van der Waals surface area contributed by atoms with Gasteiger partial charge in [-0.05, 0) is 25.8 Å². The Morgan fingerprint density at radius 2 is 2.39 bits per heavy atom. The Hall–Kier alpha value is -0.450. The van der Waals surface area contributed by atoms with Gasteiger partial charge in [-0.15, -0.1) is 0 Å². The van der Waals surface area contributed by atoms with E-state index >= 15 is 0 Å². The molecule has 2 unspecified atom stereocenters. The Morgan fingerprint density at radius 1 is 1.50 bits per heavy atom. The molecule has 4 heteroatoms. The number of hydrogen-bond donors (Lipinski definition) is 0. The highest BCUT2D eigenvalue weighted by Gasteiger charge is 2.28. The second kappa shape index (κ2) is 7.22.